The molecule has 5 rings (SSSR count). The summed E-state index contributed by atoms with van der Waals surface area (Å²) in [5.41, 5.74) is 10.0. The lowest BCUT2D eigenvalue weighted by Gasteiger charge is -2.73. The predicted octanol–water partition coefficient (Wildman–Crippen LogP) is 9.19. The van der Waals surface area contributed by atoms with Gasteiger partial charge in [0.2, 0.25) is 0 Å². The molecule has 0 amide bonds. The quantitative estimate of drug-likeness (QED) is 0.265. The van der Waals surface area contributed by atoms with Crippen molar-refractivity contribution in [1.82, 2.24) is 0 Å². The second-order valence-corrected chi connectivity index (χ2v) is 16.7. The summed E-state index contributed by atoms with van der Waals surface area (Å²) < 4.78 is 0. The highest BCUT2D eigenvalue weighted by Gasteiger charge is 2.70. The van der Waals surface area contributed by atoms with Gasteiger partial charge in [-0.15, -0.1) is 0 Å². The predicted molar refractivity (Wildman–Crippen MR) is 167 cm³/mol. The van der Waals surface area contributed by atoms with Crippen LogP contribution in [0.25, 0.3) is 0 Å². The topological polar surface area (TPSA) is 63.3 Å². The highest BCUT2D eigenvalue weighted by Crippen LogP contribution is 2.76. The molecule has 40 heavy (non-hydrogen) atoms. The minimum Gasteiger partial charge on any atom is -0.478 e. The van der Waals surface area contributed by atoms with E-state index in [4.69, 9.17) is 5.73 Å². The normalized spacial score (nSPS) is 48.3. The van der Waals surface area contributed by atoms with E-state index in [2.05, 4.69) is 55.0 Å². The average molecular weight is 550 g/mol. The van der Waals surface area contributed by atoms with Gasteiger partial charge in [-0.05, 0) is 140 Å². The van der Waals surface area contributed by atoms with Crippen molar-refractivity contribution < 1.29 is 9.90 Å². The Bertz CT molecular complexity index is 1100. The van der Waals surface area contributed by atoms with E-state index in [9.17, 15) is 9.90 Å². The average Bonchev–Trinajstić information content (AvgIpc) is 3.22. The van der Waals surface area contributed by atoms with Crippen molar-refractivity contribution in [3.63, 3.8) is 0 Å². The molecule has 3 N–H and O–H groups in total. The van der Waals surface area contributed by atoms with Crippen molar-refractivity contribution in [2.24, 2.45) is 68.8 Å². The summed E-state index contributed by atoms with van der Waals surface area (Å²) in [6.07, 6.45) is 18.3. The Morgan fingerprint density at radius 1 is 0.875 bits per heavy atom. The molecule has 0 aromatic heterocycles. The summed E-state index contributed by atoms with van der Waals surface area (Å²) in [5.74, 6) is 3.93. The van der Waals surface area contributed by atoms with Crippen LogP contribution in [0, 0.1) is 63.1 Å². The van der Waals surface area contributed by atoms with Gasteiger partial charge in [-0.3, -0.25) is 0 Å². The lowest BCUT2D eigenvalue weighted by Crippen LogP contribution is -2.68. The molecule has 0 aliphatic heterocycles. The van der Waals surface area contributed by atoms with Crippen LogP contribution in [-0.4, -0.2) is 16.6 Å². The summed E-state index contributed by atoms with van der Waals surface area (Å²) in [5, 5.41) is 9.47. The van der Waals surface area contributed by atoms with Gasteiger partial charge in [0.05, 0.1) is 5.57 Å². The van der Waals surface area contributed by atoms with E-state index < -0.39 is 5.97 Å². The highest BCUT2D eigenvalue weighted by molar-refractivity contribution is 5.89. The molecular formula is C37H59NO2. The van der Waals surface area contributed by atoms with Gasteiger partial charge in [0.25, 0.3) is 0 Å². The van der Waals surface area contributed by atoms with Crippen molar-refractivity contribution >= 4 is 5.97 Å². The van der Waals surface area contributed by atoms with Crippen LogP contribution in [0.1, 0.15) is 120 Å². The van der Waals surface area contributed by atoms with E-state index in [1.54, 1.807) is 19.1 Å². The van der Waals surface area contributed by atoms with Crippen molar-refractivity contribution in [3.05, 3.63) is 36.0 Å². The third kappa shape index (κ3) is 4.10. The molecule has 5 fully saturated rings. The van der Waals surface area contributed by atoms with Crippen molar-refractivity contribution in [1.29, 1.82) is 0 Å². The molecular weight excluding hydrogens is 490 g/mol. The Hall–Kier alpha value is -1.35. The molecule has 0 bridgehead atoms. The zero-order chi connectivity index (χ0) is 29.5. The van der Waals surface area contributed by atoms with Crippen LogP contribution < -0.4 is 5.73 Å². The maximum absolute atomic E-state index is 11.5. The van der Waals surface area contributed by atoms with Gasteiger partial charge < -0.3 is 10.8 Å². The standard InChI is InChI=1S/C37H59NO2/c1-10-25(32(39)40)12-11-24(4)27-16-18-34(7)29(33(27,5)6)17-19-36(9)30(34)14-13-28-31-26(23(2)3)15-20-37(31,38)22-21-35(28,36)8/h10-12,23,26-31H,4,13-22,38H2,1-3,5-9H3,(H,39,40)/b12-11-,25-10+/t26-,27+,28+,29?,30?,31?,34-,35+,36+,37-/m0/s1. The van der Waals surface area contributed by atoms with E-state index in [-0.39, 0.29) is 11.0 Å². The molecule has 5 aliphatic carbocycles. The van der Waals surface area contributed by atoms with E-state index >= 15 is 0 Å². The Morgan fingerprint density at radius 2 is 1.57 bits per heavy atom. The molecule has 0 heterocycles. The molecule has 3 unspecified atom stereocenters. The fourth-order valence-corrected chi connectivity index (χ4v) is 12.7. The number of aliphatic carboxylic acids is 1. The molecule has 5 aliphatic rings. The van der Waals surface area contributed by atoms with Gasteiger partial charge in [0, 0.05) is 5.54 Å². The number of hydrogen-bond acceptors (Lipinski definition) is 2. The van der Waals surface area contributed by atoms with Crippen molar-refractivity contribution in [3.8, 4) is 0 Å². The molecule has 0 aromatic rings. The summed E-state index contributed by atoms with van der Waals surface area (Å²) in [6, 6.07) is 0. The first-order valence-electron chi connectivity index (χ1n) is 16.6. The van der Waals surface area contributed by atoms with E-state index in [0.29, 0.717) is 39.6 Å². The van der Waals surface area contributed by atoms with Crippen LogP contribution in [0.15, 0.2) is 36.0 Å². The third-order valence-corrected chi connectivity index (χ3v) is 14.9. The zero-order valence-corrected chi connectivity index (χ0v) is 27.0. The lowest BCUT2D eigenvalue weighted by molar-refractivity contribution is -0.235. The SMILES string of the molecule is C=C(/C=C\C(=C/C)C(=O)O)[C@H]1CC[C@@]2(C)C(CC[C@]3(C)C2CC[C@@H]2C4[C@H](C(C)C)CC[C@]4(N)CC[C@]23C)C1(C)C. The van der Waals surface area contributed by atoms with Crippen LogP contribution in [0.3, 0.4) is 0 Å². The van der Waals surface area contributed by atoms with E-state index in [1.807, 2.05) is 6.08 Å². The van der Waals surface area contributed by atoms with E-state index in [1.165, 1.54) is 57.8 Å². The minimum absolute atomic E-state index is 0.0742. The fraction of sp³-hybridized carbons (Fsp3) is 0.811. The molecule has 0 spiro atoms. The van der Waals surface area contributed by atoms with Gasteiger partial charge >= 0.3 is 5.97 Å². The first kappa shape index (κ1) is 30.1. The van der Waals surface area contributed by atoms with Crippen LogP contribution >= 0.6 is 0 Å². The Balaban J connectivity index is 1.43. The molecule has 224 valence electrons. The fourth-order valence-electron chi connectivity index (χ4n) is 12.7. The molecule has 0 radical (unpaired) electrons. The van der Waals surface area contributed by atoms with Crippen LogP contribution in [0.4, 0.5) is 0 Å². The second-order valence-electron chi connectivity index (χ2n) is 16.7. The number of nitrogens with two attached hydrogens (primary N) is 1. The molecule has 0 aromatic carbocycles. The first-order valence-corrected chi connectivity index (χ1v) is 16.6. The van der Waals surface area contributed by atoms with Gasteiger partial charge in [0.15, 0.2) is 0 Å². The lowest BCUT2D eigenvalue weighted by atomic mass is 9.32. The first-order chi connectivity index (χ1) is 18.6. The van der Waals surface area contributed by atoms with Gasteiger partial charge in [-0.1, -0.05) is 72.8 Å². The number of carbonyl (C=O) groups is 1. The third-order valence-electron chi connectivity index (χ3n) is 14.9. The Kier molecular flexibility index (Phi) is 7.42. The van der Waals surface area contributed by atoms with E-state index in [0.717, 1.165) is 35.7 Å². The summed E-state index contributed by atoms with van der Waals surface area (Å²) in [6.45, 7) is 24.3. The second kappa shape index (κ2) is 9.85. The smallest absolute Gasteiger partial charge is 0.335 e. The number of hydrogen-bond donors (Lipinski definition) is 2. The van der Waals surface area contributed by atoms with Crippen LogP contribution in [0.5, 0.6) is 0 Å². The number of fused-ring (bicyclic) bond motifs is 7. The number of carboxylic acids is 1. The molecule has 5 saturated carbocycles. The van der Waals surface area contributed by atoms with Gasteiger partial charge in [-0.25, -0.2) is 4.79 Å². The maximum atomic E-state index is 11.5. The minimum atomic E-state index is -0.871. The van der Waals surface area contributed by atoms with Gasteiger partial charge in [0.1, 0.15) is 0 Å². The van der Waals surface area contributed by atoms with Crippen LogP contribution in [-0.2, 0) is 4.79 Å². The zero-order valence-electron chi connectivity index (χ0n) is 27.0. The molecule has 0 saturated heterocycles. The summed E-state index contributed by atoms with van der Waals surface area (Å²) >= 11 is 0. The van der Waals surface area contributed by atoms with Crippen LogP contribution in [0.2, 0.25) is 0 Å². The van der Waals surface area contributed by atoms with Crippen molar-refractivity contribution in [2.75, 3.05) is 0 Å². The monoisotopic (exact) mass is 549 g/mol. The molecule has 10 atom stereocenters. The Labute approximate surface area is 245 Å². The van der Waals surface area contributed by atoms with Gasteiger partial charge in [-0.2, -0.15) is 0 Å². The number of carboxylic acid groups (broad SMARTS) is 1. The number of allylic oxidation sites excluding steroid dienone is 3. The highest BCUT2D eigenvalue weighted by atomic mass is 16.4. The molecule has 3 heteroatoms. The largest absolute Gasteiger partial charge is 0.478 e. The number of rotatable bonds is 5. The summed E-state index contributed by atoms with van der Waals surface area (Å²) in [7, 11) is 0. The van der Waals surface area contributed by atoms with Crippen molar-refractivity contribution in [2.45, 2.75) is 125 Å². The maximum Gasteiger partial charge on any atom is 0.335 e. The summed E-state index contributed by atoms with van der Waals surface area (Å²) in [4.78, 5) is 11.5. The molecule has 3 nitrogen and oxygen atoms in total. The Morgan fingerprint density at radius 3 is 2.20 bits per heavy atom.